The normalized spacial score (nSPS) is 20.6. The van der Waals surface area contributed by atoms with Crippen molar-refractivity contribution in [2.24, 2.45) is 5.92 Å². The fourth-order valence-electron chi connectivity index (χ4n) is 4.38. The van der Waals surface area contributed by atoms with Gasteiger partial charge >= 0.3 is 0 Å². The van der Waals surface area contributed by atoms with Crippen LogP contribution in [0.25, 0.3) is 0 Å². The van der Waals surface area contributed by atoms with Crippen LogP contribution in [0.4, 0.5) is 10.1 Å². The number of hydrogen-bond acceptors (Lipinski definition) is 3. The second-order valence-corrected chi connectivity index (χ2v) is 9.73. The number of fused-ring (bicyclic) bond motifs is 1. The lowest BCUT2D eigenvalue weighted by Gasteiger charge is -2.36. The van der Waals surface area contributed by atoms with Gasteiger partial charge in [0.1, 0.15) is 11.1 Å². The molecule has 1 heterocycles. The molecule has 2 aromatic rings. The molecule has 0 radical (unpaired) electrons. The molecular weight excluding hydrogens is 411 g/mol. The van der Waals surface area contributed by atoms with E-state index in [2.05, 4.69) is 5.32 Å². The molecule has 2 aromatic carbocycles. The number of nitrogens with one attached hydrogen (secondary N) is 1. The molecule has 6 heteroatoms. The quantitative estimate of drug-likeness (QED) is 0.641. The number of benzene rings is 2. The molecule has 0 aromatic heterocycles. The molecule has 0 unspecified atom stereocenters. The van der Waals surface area contributed by atoms with Crippen LogP contribution in [0.5, 0.6) is 0 Å². The van der Waals surface area contributed by atoms with E-state index >= 15 is 0 Å². The Hall–Kier alpha value is -2.34. The third-order valence-electron chi connectivity index (χ3n) is 6.24. The van der Waals surface area contributed by atoms with E-state index in [1.165, 1.54) is 36.7 Å². The summed E-state index contributed by atoms with van der Waals surface area (Å²) in [6.07, 6.45) is 6.79. The first-order chi connectivity index (χ1) is 15.0. The van der Waals surface area contributed by atoms with E-state index in [-0.39, 0.29) is 23.7 Å². The van der Waals surface area contributed by atoms with Gasteiger partial charge in [0.25, 0.3) is 0 Å². The minimum absolute atomic E-state index is 0.0427. The number of halogens is 1. The molecule has 1 aliphatic carbocycles. The summed E-state index contributed by atoms with van der Waals surface area (Å²) < 4.78 is 13.3. The lowest BCUT2D eigenvalue weighted by Crippen LogP contribution is -2.48. The van der Waals surface area contributed by atoms with Crippen molar-refractivity contribution in [1.29, 1.82) is 0 Å². The molecule has 4 rings (SSSR count). The fraction of sp³-hybridized carbons (Fsp3) is 0.440. The lowest BCUT2D eigenvalue weighted by atomic mass is 10.0. The van der Waals surface area contributed by atoms with E-state index in [9.17, 15) is 14.0 Å². The van der Waals surface area contributed by atoms with Crippen molar-refractivity contribution in [3.8, 4) is 0 Å². The number of carbonyl (C=O) groups is 2. The van der Waals surface area contributed by atoms with Crippen molar-refractivity contribution in [3.05, 3.63) is 59.9 Å². The van der Waals surface area contributed by atoms with Gasteiger partial charge < -0.3 is 10.2 Å². The SMILES string of the molecule is C[C@@H](C(=O)NC1CCCCCC1)[C@@H]1Sc2ccccc2N(Cc2ccc(F)cc2)C1=O. The summed E-state index contributed by atoms with van der Waals surface area (Å²) in [6, 6.07) is 14.2. The second kappa shape index (κ2) is 9.86. The Morgan fingerprint density at radius 3 is 2.48 bits per heavy atom. The van der Waals surface area contributed by atoms with Gasteiger partial charge in [-0.15, -0.1) is 11.8 Å². The zero-order valence-corrected chi connectivity index (χ0v) is 18.7. The zero-order chi connectivity index (χ0) is 21.8. The van der Waals surface area contributed by atoms with Crippen molar-refractivity contribution in [2.45, 2.75) is 68.2 Å². The number of anilines is 1. The zero-order valence-electron chi connectivity index (χ0n) is 17.9. The topological polar surface area (TPSA) is 49.4 Å². The van der Waals surface area contributed by atoms with Crippen LogP contribution in [0.1, 0.15) is 51.0 Å². The molecule has 4 nitrogen and oxygen atoms in total. The first-order valence-electron chi connectivity index (χ1n) is 11.1. The summed E-state index contributed by atoms with van der Waals surface area (Å²) in [6.45, 7) is 2.20. The molecule has 2 amide bonds. The molecule has 2 atom stereocenters. The minimum atomic E-state index is -0.485. The maximum Gasteiger partial charge on any atom is 0.241 e. The van der Waals surface area contributed by atoms with Gasteiger partial charge in [0.15, 0.2) is 0 Å². The second-order valence-electron chi connectivity index (χ2n) is 8.54. The van der Waals surface area contributed by atoms with E-state index < -0.39 is 11.2 Å². The monoisotopic (exact) mass is 440 g/mol. The van der Waals surface area contributed by atoms with Crippen molar-refractivity contribution in [3.63, 3.8) is 0 Å². The third-order valence-corrected chi connectivity index (χ3v) is 7.71. The number of carbonyl (C=O) groups excluding carboxylic acids is 2. The summed E-state index contributed by atoms with van der Waals surface area (Å²) in [5, 5.41) is 2.72. The van der Waals surface area contributed by atoms with Crippen LogP contribution in [-0.4, -0.2) is 23.1 Å². The van der Waals surface area contributed by atoms with Gasteiger partial charge in [-0.1, -0.05) is 56.9 Å². The van der Waals surface area contributed by atoms with Crippen LogP contribution in [-0.2, 0) is 16.1 Å². The van der Waals surface area contributed by atoms with E-state index in [4.69, 9.17) is 0 Å². The Bertz CT molecular complexity index is 925. The molecule has 0 spiro atoms. The van der Waals surface area contributed by atoms with Crippen molar-refractivity contribution in [1.82, 2.24) is 5.32 Å². The smallest absolute Gasteiger partial charge is 0.241 e. The number of para-hydroxylation sites is 1. The molecule has 1 saturated carbocycles. The summed E-state index contributed by atoms with van der Waals surface area (Å²) in [5.41, 5.74) is 1.69. The number of nitrogens with zero attached hydrogens (tertiary/aromatic N) is 1. The Morgan fingerprint density at radius 1 is 1.10 bits per heavy atom. The van der Waals surface area contributed by atoms with Crippen molar-refractivity contribution < 1.29 is 14.0 Å². The average molecular weight is 441 g/mol. The molecule has 0 bridgehead atoms. The lowest BCUT2D eigenvalue weighted by molar-refractivity contribution is -0.129. The van der Waals surface area contributed by atoms with Crippen molar-refractivity contribution >= 4 is 29.3 Å². The molecule has 1 N–H and O–H groups in total. The van der Waals surface area contributed by atoms with Crippen LogP contribution >= 0.6 is 11.8 Å². The summed E-state index contributed by atoms with van der Waals surface area (Å²) in [5.74, 6) is -0.855. The maximum atomic E-state index is 13.5. The molecule has 2 aliphatic rings. The molecule has 1 aliphatic heterocycles. The summed E-state index contributed by atoms with van der Waals surface area (Å²) >= 11 is 1.47. The number of rotatable bonds is 5. The molecule has 1 fully saturated rings. The van der Waals surface area contributed by atoms with E-state index in [1.807, 2.05) is 31.2 Å². The number of amides is 2. The highest BCUT2D eigenvalue weighted by atomic mass is 32.2. The van der Waals surface area contributed by atoms with Gasteiger partial charge in [-0.05, 0) is 42.7 Å². The minimum Gasteiger partial charge on any atom is -0.353 e. The number of thioether (sulfide) groups is 1. The maximum absolute atomic E-state index is 13.5. The van der Waals surface area contributed by atoms with Crippen LogP contribution in [0.2, 0.25) is 0 Å². The Balaban J connectivity index is 1.53. The fourth-order valence-corrected chi connectivity index (χ4v) is 5.67. The highest BCUT2D eigenvalue weighted by molar-refractivity contribution is 8.01. The van der Waals surface area contributed by atoms with Gasteiger partial charge in [-0.2, -0.15) is 0 Å². The summed E-state index contributed by atoms with van der Waals surface area (Å²) in [4.78, 5) is 29.3. The van der Waals surface area contributed by atoms with Gasteiger partial charge in [0, 0.05) is 10.9 Å². The Morgan fingerprint density at radius 2 is 1.77 bits per heavy atom. The Labute approximate surface area is 187 Å². The number of hydrogen-bond donors (Lipinski definition) is 1. The predicted octanol–water partition coefficient (Wildman–Crippen LogP) is 5.31. The van der Waals surface area contributed by atoms with Crippen LogP contribution < -0.4 is 10.2 Å². The first-order valence-corrected chi connectivity index (χ1v) is 12.0. The van der Waals surface area contributed by atoms with Crippen LogP contribution in [0.3, 0.4) is 0 Å². The molecule has 31 heavy (non-hydrogen) atoms. The molecular formula is C25H29FN2O2S. The highest BCUT2D eigenvalue weighted by Gasteiger charge is 2.39. The van der Waals surface area contributed by atoms with Crippen LogP contribution in [0.15, 0.2) is 53.4 Å². The first kappa shape index (κ1) is 21.9. The van der Waals surface area contributed by atoms with Crippen molar-refractivity contribution in [2.75, 3.05) is 4.90 Å². The standard InChI is InChI=1S/C25H29FN2O2S/c1-17(24(29)27-20-8-4-2-3-5-9-20)23-25(30)28(16-18-12-14-19(26)15-13-18)21-10-6-7-11-22(21)31-23/h6-7,10-15,17,20,23H,2-5,8-9,16H2,1H3,(H,27,29)/t17-,23+/m1/s1. The van der Waals surface area contributed by atoms with E-state index in [0.29, 0.717) is 6.54 Å². The van der Waals surface area contributed by atoms with Gasteiger partial charge in [-0.25, -0.2) is 4.39 Å². The molecule has 164 valence electrons. The Kier molecular flexibility index (Phi) is 6.96. The predicted molar refractivity (Wildman–Crippen MR) is 122 cm³/mol. The van der Waals surface area contributed by atoms with E-state index in [1.54, 1.807) is 17.0 Å². The van der Waals surface area contributed by atoms with Crippen LogP contribution in [0, 0.1) is 11.7 Å². The third kappa shape index (κ3) is 5.12. The van der Waals surface area contributed by atoms with Gasteiger partial charge in [-0.3, -0.25) is 9.59 Å². The van der Waals surface area contributed by atoms with Gasteiger partial charge in [0.2, 0.25) is 11.8 Å². The summed E-state index contributed by atoms with van der Waals surface area (Å²) in [7, 11) is 0. The van der Waals surface area contributed by atoms with E-state index in [0.717, 1.165) is 41.8 Å². The largest absolute Gasteiger partial charge is 0.353 e. The highest BCUT2D eigenvalue weighted by Crippen LogP contribution is 2.42. The van der Waals surface area contributed by atoms with Gasteiger partial charge in [0.05, 0.1) is 18.2 Å². The average Bonchev–Trinajstić information content (AvgIpc) is 3.05. The molecule has 0 saturated heterocycles.